The van der Waals surface area contributed by atoms with Crippen LogP contribution in [0.1, 0.15) is 51.5 Å². The number of nitriles is 1. The molecule has 3 atom stereocenters. The Labute approximate surface area is 200 Å². The highest BCUT2D eigenvalue weighted by atomic mass is 16.7. The van der Waals surface area contributed by atoms with Gasteiger partial charge in [0.05, 0.1) is 32.1 Å². The van der Waals surface area contributed by atoms with Gasteiger partial charge in [-0.3, -0.25) is 10.1 Å². The summed E-state index contributed by atoms with van der Waals surface area (Å²) in [6, 6.07) is 14.5. The molecule has 0 saturated carbocycles. The fraction of sp³-hybridized carbons (Fsp3) is 0.500. The normalized spacial score (nSPS) is 16.2. The molecular formula is C26H32N2O6. The van der Waals surface area contributed by atoms with Gasteiger partial charge in [-0.1, -0.05) is 38.5 Å². The predicted molar refractivity (Wildman–Crippen MR) is 127 cm³/mol. The summed E-state index contributed by atoms with van der Waals surface area (Å²) in [4.78, 5) is 11.5. The highest BCUT2D eigenvalue weighted by Gasteiger charge is 2.39. The van der Waals surface area contributed by atoms with E-state index in [2.05, 4.69) is 6.07 Å². The number of rotatable bonds is 12. The Hall–Kier alpha value is -3.47. The zero-order chi connectivity index (χ0) is 24.7. The van der Waals surface area contributed by atoms with Gasteiger partial charge in [0, 0.05) is 11.3 Å². The molecule has 0 fully saturated rings. The van der Waals surface area contributed by atoms with E-state index in [1.54, 1.807) is 32.4 Å². The second-order valence-corrected chi connectivity index (χ2v) is 8.64. The summed E-state index contributed by atoms with van der Waals surface area (Å²) in [7, 11) is 3.13. The molecule has 0 bridgehead atoms. The zero-order valence-electron chi connectivity index (χ0n) is 20.2. The molecule has 0 spiro atoms. The number of hydrogen-bond acceptors (Lipinski definition) is 7. The maximum absolute atomic E-state index is 11.8. The molecule has 1 aliphatic heterocycles. The molecule has 0 saturated heterocycles. The first-order chi connectivity index (χ1) is 16.4. The maximum atomic E-state index is 11.8. The molecule has 0 N–H and O–H groups in total. The molecule has 0 aromatic heterocycles. The monoisotopic (exact) mass is 468 g/mol. The number of benzene rings is 2. The van der Waals surface area contributed by atoms with Gasteiger partial charge < -0.3 is 18.9 Å². The van der Waals surface area contributed by atoms with Gasteiger partial charge in [-0.25, -0.2) is 0 Å². The van der Waals surface area contributed by atoms with Crippen LogP contribution in [0, 0.1) is 27.4 Å². The van der Waals surface area contributed by atoms with Crippen LogP contribution in [0.5, 0.6) is 23.0 Å². The van der Waals surface area contributed by atoms with Crippen LogP contribution in [-0.4, -0.2) is 31.5 Å². The van der Waals surface area contributed by atoms with Gasteiger partial charge >= 0.3 is 0 Å². The fourth-order valence-electron chi connectivity index (χ4n) is 4.56. The number of methoxy groups -OCH3 is 2. The van der Waals surface area contributed by atoms with Gasteiger partial charge in [0.15, 0.2) is 23.0 Å². The lowest BCUT2D eigenvalue weighted by atomic mass is 9.67. The topological polar surface area (TPSA) is 104 Å². The van der Waals surface area contributed by atoms with Crippen LogP contribution in [0.4, 0.5) is 0 Å². The van der Waals surface area contributed by atoms with Crippen LogP contribution < -0.4 is 18.9 Å². The van der Waals surface area contributed by atoms with Crippen LogP contribution in [0.2, 0.25) is 0 Å². The third kappa shape index (κ3) is 5.19. The Morgan fingerprint density at radius 1 is 1.15 bits per heavy atom. The third-order valence-corrected chi connectivity index (χ3v) is 6.79. The van der Waals surface area contributed by atoms with Crippen LogP contribution in [0.25, 0.3) is 0 Å². The molecule has 34 heavy (non-hydrogen) atoms. The number of nitrogens with zero attached hydrogens (tertiary/aromatic N) is 2. The molecule has 0 radical (unpaired) electrons. The van der Waals surface area contributed by atoms with E-state index in [1.807, 2.05) is 38.1 Å². The van der Waals surface area contributed by atoms with Gasteiger partial charge in [-0.05, 0) is 48.6 Å². The van der Waals surface area contributed by atoms with Crippen molar-refractivity contribution in [3.63, 3.8) is 0 Å². The van der Waals surface area contributed by atoms with Crippen molar-refractivity contribution in [2.45, 2.75) is 63.7 Å². The third-order valence-electron chi connectivity index (χ3n) is 6.79. The van der Waals surface area contributed by atoms with Crippen molar-refractivity contribution in [3.8, 4) is 29.1 Å². The Morgan fingerprint density at radius 2 is 1.79 bits per heavy atom. The number of fused-ring (bicyclic) bond motifs is 1. The Morgan fingerprint density at radius 3 is 2.32 bits per heavy atom. The molecule has 2 aromatic rings. The lowest BCUT2D eigenvalue weighted by molar-refractivity contribution is -0.527. The Balaban J connectivity index is 1.73. The van der Waals surface area contributed by atoms with Gasteiger partial charge in [-0.15, -0.1) is 0 Å². The lowest BCUT2D eigenvalue weighted by Crippen LogP contribution is -2.34. The molecule has 2 aromatic carbocycles. The van der Waals surface area contributed by atoms with Crippen molar-refractivity contribution in [3.05, 3.63) is 58.1 Å². The summed E-state index contributed by atoms with van der Waals surface area (Å²) < 4.78 is 22.2. The summed E-state index contributed by atoms with van der Waals surface area (Å²) in [5.74, 6) is 2.39. The van der Waals surface area contributed by atoms with Crippen molar-refractivity contribution in [2.24, 2.45) is 5.92 Å². The minimum Gasteiger partial charge on any atom is -0.493 e. The molecule has 8 nitrogen and oxygen atoms in total. The quantitative estimate of drug-likeness (QED) is 0.299. The van der Waals surface area contributed by atoms with Crippen molar-refractivity contribution in [1.82, 2.24) is 0 Å². The van der Waals surface area contributed by atoms with E-state index in [0.717, 1.165) is 12.0 Å². The molecule has 0 amide bonds. The fourth-order valence-corrected chi connectivity index (χ4v) is 4.56. The van der Waals surface area contributed by atoms with Crippen LogP contribution >= 0.6 is 0 Å². The first kappa shape index (κ1) is 25.2. The summed E-state index contributed by atoms with van der Waals surface area (Å²) in [5.41, 5.74) is 0.0315. The van der Waals surface area contributed by atoms with Crippen LogP contribution in [0.3, 0.4) is 0 Å². The van der Waals surface area contributed by atoms with Crippen molar-refractivity contribution >= 4 is 0 Å². The van der Waals surface area contributed by atoms with Crippen molar-refractivity contribution in [2.75, 3.05) is 14.2 Å². The molecule has 3 rings (SSSR count). The molecule has 0 aliphatic carbocycles. The van der Waals surface area contributed by atoms with Crippen LogP contribution in [0.15, 0.2) is 42.5 Å². The summed E-state index contributed by atoms with van der Waals surface area (Å²) >= 11 is 0. The van der Waals surface area contributed by atoms with Crippen molar-refractivity contribution in [1.29, 1.82) is 5.26 Å². The number of ether oxygens (including phenoxy) is 4. The molecule has 8 heteroatoms. The van der Waals surface area contributed by atoms with E-state index in [1.165, 1.54) is 0 Å². The summed E-state index contributed by atoms with van der Waals surface area (Å²) in [5, 5.41) is 22.1. The van der Waals surface area contributed by atoms with Crippen molar-refractivity contribution < 1.29 is 23.9 Å². The van der Waals surface area contributed by atoms with Gasteiger partial charge in [0.25, 0.3) is 0 Å². The van der Waals surface area contributed by atoms with E-state index < -0.39 is 17.7 Å². The zero-order valence-corrected chi connectivity index (χ0v) is 20.2. The van der Waals surface area contributed by atoms with E-state index in [9.17, 15) is 15.4 Å². The highest BCUT2D eigenvalue weighted by Crippen LogP contribution is 2.42. The number of hydrogen-bond donors (Lipinski definition) is 0. The summed E-state index contributed by atoms with van der Waals surface area (Å²) in [6.45, 7) is 4.09. The van der Waals surface area contributed by atoms with E-state index in [0.29, 0.717) is 42.3 Å². The SMILES string of the molecule is CCC(C)C(C#N)(CCCC(CC1Oc2ccccc2O1)[N+](=O)[O-])c1ccc(OC)c(OC)c1. The molecule has 3 unspecified atom stereocenters. The van der Waals surface area contributed by atoms with E-state index in [-0.39, 0.29) is 17.3 Å². The summed E-state index contributed by atoms with van der Waals surface area (Å²) in [6.07, 6.45) is 1.57. The largest absolute Gasteiger partial charge is 0.493 e. The van der Waals surface area contributed by atoms with E-state index >= 15 is 0 Å². The van der Waals surface area contributed by atoms with E-state index in [4.69, 9.17) is 18.9 Å². The van der Waals surface area contributed by atoms with Gasteiger partial charge in [-0.2, -0.15) is 5.26 Å². The molecule has 1 aliphatic rings. The number of nitro groups is 1. The second-order valence-electron chi connectivity index (χ2n) is 8.64. The molecular weight excluding hydrogens is 436 g/mol. The standard InChI is InChI=1S/C26H32N2O6/c1-5-18(2)26(17-27,19-12-13-21(31-3)24(15-19)32-4)14-8-9-20(28(29)30)16-25-33-22-10-6-7-11-23(22)34-25/h6-7,10-13,15,18,20,25H,5,8-9,14,16H2,1-4H3. The van der Waals surface area contributed by atoms with Crippen LogP contribution in [-0.2, 0) is 5.41 Å². The smallest absolute Gasteiger partial charge is 0.248 e. The number of para-hydroxylation sites is 2. The lowest BCUT2D eigenvalue weighted by Gasteiger charge is -2.33. The average molecular weight is 469 g/mol. The first-order valence-corrected chi connectivity index (χ1v) is 11.6. The first-order valence-electron chi connectivity index (χ1n) is 11.6. The minimum atomic E-state index is -0.835. The maximum Gasteiger partial charge on any atom is 0.248 e. The molecule has 1 heterocycles. The predicted octanol–water partition coefficient (Wildman–Crippen LogP) is 5.51. The van der Waals surface area contributed by atoms with Gasteiger partial charge in [0.1, 0.15) is 0 Å². The minimum absolute atomic E-state index is 0.0423. The highest BCUT2D eigenvalue weighted by molar-refractivity contribution is 5.47. The Kier molecular flexibility index (Phi) is 8.21. The van der Waals surface area contributed by atoms with Gasteiger partial charge in [0.2, 0.25) is 12.3 Å². The molecule has 182 valence electrons. The average Bonchev–Trinajstić information content (AvgIpc) is 3.27. The second kappa shape index (κ2) is 11.1. The Bertz CT molecular complexity index is 1010.